The molecular weight excluding hydrogens is 232 g/mol. The number of nitriles is 1. The van der Waals surface area contributed by atoms with E-state index in [4.69, 9.17) is 0 Å². The maximum absolute atomic E-state index is 9.30. The summed E-state index contributed by atoms with van der Waals surface area (Å²) in [6.45, 7) is 2.20. The number of nitrogens with zero attached hydrogens (tertiary/aromatic N) is 1. The number of benzene rings is 1. The van der Waals surface area contributed by atoms with Crippen LogP contribution in [0.2, 0.25) is 0 Å². The smallest absolute Gasteiger partial charge is 0.102 e. The van der Waals surface area contributed by atoms with E-state index in [-0.39, 0.29) is 12.1 Å². The minimum Gasteiger partial charge on any atom is -0.394 e. The maximum atomic E-state index is 9.30. The van der Waals surface area contributed by atoms with Crippen LogP contribution in [0.25, 0.3) is 0 Å². The van der Waals surface area contributed by atoms with E-state index in [1.54, 1.807) is 11.8 Å². The monoisotopic (exact) mass is 248 g/mol. The first-order valence-corrected chi connectivity index (χ1v) is 6.78. The van der Waals surface area contributed by atoms with Crippen LogP contribution in [-0.2, 0) is 0 Å². The van der Waals surface area contributed by atoms with Gasteiger partial charge >= 0.3 is 0 Å². The van der Waals surface area contributed by atoms with Crippen molar-refractivity contribution < 1.29 is 5.11 Å². The Kier molecular flexibility index (Phi) is 3.60. The molecule has 0 aromatic heterocycles. The van der Waals surface area contributed by atoms with E-state index >= 15 is 0 Å². The third-order valence-electron chi connectivity index (χ3n) is 2.99. The first kappa shape index (κ1) is 12.3. The third-order valence-corrected chi connectivity index (χ3v) is 3.93. The molecule has 0 saturated heterocycles. The van der Waals surface area contributed by atoms with Crippen molar-refractivity contribution in [1.82, 2.24) is 0 Å². The van der Waals surface area contributed by atoms with Crippen LogP contribution < -0.4 is 5.32 Å². The number of rotatable bonds is 5. The second-order valence-electron chi connectivity index (χ2n) is 4.29. The topological polar surface area (TPSA) is 56.0 Å². The molecule has 0 amide bonds. The van der Waals surface area contributed by atoms with Gasteiger partial charge in [-0.25, -0.2) is 0 Å². The molecule has 0 aliphatic heterocycles. The highest BCUT2D eigenvalue weighted by Crippen LogP contribution is 2.40. The lowest BCUT2D eigenvalue weighted by molar-refractivity contribution is 0.266. The quantitative estimate of drug-likeness (QED) is 0.786. The van der Waals surface area contributed by atoms with Crippen LogP contribution in [-0.4, -0.2) is 23.0 Å². The van der Waals surface area contributed by atoms with Crippen molar-refractivity contribution in [2.75, 3.05) is 17.7 Å². The average Bonchev–Trinajstić information content (AvgIpc) is 3.10. The Balaban J connectivity index is 2.27. The minimum absolute atomic E-state index is 0.128. The second kappa shape index (κ2) is 4.99. The lowest BCUT2D eigenvalue weighted by Gasteiger charge is -2.18. The summed E-state index contributed by atoms with van der Waals surface area (Å²) < 4.78 is 0. The number of anilines is 1. The Labute approximate surface area is 106 Å². The van der Waals surface area contributed by atoms with Gasteiger partial charge in [-0.15, -0.1) is 11.8 Å². The normalized spacial score (nSPS) is 16.3. The van der Waals surface area contributed by atoms with E-state index in [0.29, 0.717) is 5.56 Å². The first-order valence-electron chi connectivity index (χ1n) is 5.79. The SMILES string of the molecule is CCSc1cccc(NC2(CO)CC2)c1C#N. The number of nitrogens with one attached hydrogen (secondary N) is 1. The van der Waals surface area contributed by atoms with E-state index in [1.165, 1.54) is 0 Å². The maximum Gasteiger partial charge on any atom is 0.102 e. The van der Waals surface area contributed by atoms with Gasteiger partial charge in [0.2, 0.25) is 0 Å². The Morgan fingerprint density at radius 1 is 1.53 bits per heavy atom. The molecule has 2 rings (SSSR count). The number of hydrogen-bond acceptors (Lipinski definition) is 4. The van der Waals surface area contributed by atoms with E-state index in [9.17, 15) is 10.4 Å². The van der Waals surface area contributed by atoms with Gasteiger partial charge in [-0.3, -0.25) is 0 Å². The molecular formula is C13H16N2OS. The largest absolute Gasteiger partial charge is 0.394 e. The molecule has 0 unspecified atom stereocenters. The fourth-order valence-corrected chi connectivity index (χ4v) is 2.57. The number of aliphatic hydroxyl groups excluding tert-OH is 1. The summed E-state index contributed by atoms with van der Waals surface area (Å²) in [7, 11) is 0. The highest BCUT2D eigenvalue weighted by atomic mass is 32.2. The van der Waals surface area contributed by atoms with Crippen molar-refractivity contribution in [3.8, 4) is 6.07 Å². The van der Waals surface area contributed by atoms with Gasteiger partial charge in [0.1, 0.15) is 6.07 Å². The van der Waals surface area contributed by atoms with Gasteiger partial charge in [0, 0.05) is 4.90 Å². The van der Waals surface area contributed by atoms with Gasteiger partial charge in [0.05, 0.1) is 23.4 Å². The molecule has 0 heterocycles. The second-order valence-corrected chi connectivity index (χ2v) is 5.59. The summed E-state index contributed by atoms with van der Waals surface area (Å²) in [5.41, 5.74) is 1.36. The number of aliphatic hydroxyl groups is 1. The number of hydrogen-bond donors (Lipinski definition) is 2. The molecule has 0 radical (unpaired) electrons. The molecule has 1 aliphatic carbocycles. The van der Waals surface area contributed by atoms with Crippen molar-refractivity contribution in [2.45, 2.75) is 30.2 Å². The van der Waals surface area contributed by atoms with Gasteiger partial charge in [0.25, 0.3) is 0 Å². The summed E-state index contributed by atoms with van der Waals surface area (Å²) in [6, 6.07) is 8.09. The van der Waals surface area contributed by atoms with E-state index in [0.717, 1.165) is 29.2 Å². The third kappa shape index (κ3) is 2.56. The minimum atomic E-state index is -0.179. The van der Waals surface area contributed by atoms with Crippen LogP contribution in [0.3, 0.4) is 0 Å². The van der Waals surface area contributed by atoms with E-state index in [2.05, 4.69) is 18.3 Å². The van der Waals surface area contributed by atoms with Crippen LogP contribution >= 0.6 is 11.8 Å². The van der Waals surface area contributed by atoms with Crippen molar-refractivity contribution in [2.24, 2.45) is 0 Å². The Morgan fingerprint density at radius 3 is 2.82 bits per heavy atom. The molecule has 4 heteroatoms. The van der Waals surface area contributed by atoms with Crippen molar-refractivity contribution >= 4 is 17.4 Å². The molecule has 0 bridgehead atoms. The average molecular weight is 248 g/mol. The van der Waals surface area contributed by atoms with Crippen LogP contribution in [0.5, 0.6) is 0 Å². The molecule has 1 aliphatic rings. The zero-order chi connectivity index (χ0) is 12.3. The van der Waals surface area contributed by atoms with Gasteiger partial charge in [0.15, 0.2) is 0 Å². The van der Waals surface area contributed by atoms with E-state index < -0.39 is 0 Å². The molecule has 1 saturated carbocycles. The van der Waals surface area contributed by atoms with Crippen LogP contribution in [0.15, 0.2) is 23.1 Å². The van der Waals surface area contributed by atoms with Gasteiger partial charge in [-0.2, -0.15) is 5.26 Å². The van der Waals surface area contributed by atoms with E-state index in [1.807, 2.05) is 18.2 Å². The molecule has 0 spiro atoms. The molecule has 2 N–H and O–H groups in total. The summed E-state index contributed by atoms with van der Waals surface area (Å²) in [5.74, 6) is 0.948. The Morgan fingerprint density at radius 2 is 2.29 bits per heavy atom. The predicted molar refractivity (Wildman–Crippen MR) is 70.2 cm³/mol. The van der Waals surface area contributed by atoms with Gasteiger partial charge in [-0.05, 0) is 30.7 Å². The summed E-state index contributed by atoms with van der Waals surface area (Å²) in [5, 5.41) is 21.9. The zero-order valence-electron chi connectivity index (χ0n) is 9.86. The summed E-state index contributed by atoms with van der Waals surface area (Å²) in [4.78, 5) is 1.01. The Bertz CT molecular complexity index is 449. The lowest BCUT2D eigenvalue weighted by Crippen LogP contribution is -2.26. The first-order chi connectivity index (χ1) is 8.24. The van der Waals surface area contributed by atoms with Crippen LogP contribution in [0.1, 0.15) is 25.3 Å². The molecule has 1 aromatic rings. The molecule has 1 fully saturated rings. The molecule has 3 nitrogen and oxygen atoms in total. The molecule has 17 heavy (non-hydrogen) atoms. The van der Waals surface area contributed by atoms with Crippen LogP contribution in [0, 0.1) is 11.3 Å². The lowest BCUT2D eigenvalue weighted by atomic mass is 10.1. The summed E-state index contributed by atoms with van der Waals surface area (Å²) >= 11 is 1.67. The zero-order valence-corrected chi connectivity index (χ0v) is 10.7. The number of thioether (sulfide) groups is 1. The fourth-order valence-electron chi connectivity index (χ4n) is 1.79. The Hall–Kier alpha value is -1.18. The highest BCUT2D eigenvalue weighted by Gasteiger charge is 2.42. The summed E-state index contributed by atoms with van der Waals surface area (Å²) in [6.07, 6.45) is 1.94. The molecule has 1 aromatic carbocycles. The molecule has 0 atom stereocenters. The van der Waals surface area contributed by atoms with Crippen LogP contribution in [0.4, 0.5) is 5.69 Å². The van der Waals surface area contributed by atoms with Crippen molar-refractivity contribution in [3.63, 3.8) is 0 Å². The van der Waals surface area contributed by atoms with Gasteiger partial charge in [-0.1, -0.05) is 13.0 Å². The standard InChI is InChI=1S/C13H16N2OS/c1-2-17-12-5-3-4-11(10(12)8-14)15-13(9-16)6-7-13/h3-5,15-16H,2,6-7,9H2,1H3. The predicted octanol–water partition coefficient (Wildman–Crippen LogP) is 2.61. The fraction of sp³-hybridized carbons (Fsp3) is 0.462. The van der Waals surface area contributed by atoms with Gasteiger partial charge < -0.3 is 10.4 Å². The van der Waals surface area contributed by atoms with Crippen molar-refractivity contribution in [3.05, 3.63) is 23.8 Å². The highest BCUT2D eigenvalue weighted by molar-refractivity contribution is 7.99. The van der Waals surface area contributed by atoms with Crippen molar-refractivity contribution in [1.29, 1.82) is 5.26 Å². The molecule has 90 valence electrons.